The lowest BCUT2D eigenvalue weighted by Crippen LogP contribution is -2.33. The molecule has 0 spiro atoms. The molecule has 3 heterocycles. The first-order chi connectivity index (χ1) is 14.8. The zero-order chi connectivity index (χ0) is 20.2. The fourth-order valence-corrected chi connectivity index (χ4v) is 4.27. The lowest BCUT2D eigenvalue weighted by atomic mass is 9.95. The minimum atomic E-state index is 0.207. The van der Waals surface area contributed by atoms with E-state index in [1.165, 1.54) is 22.4 Å². The Bertz CT molecular complexity index is 933. The molecule has 3 aliphatic heterocycles. The summed E-state index contributed by atoms with van der Waals surface area (Å²) >= 11 is 0. The molecule has 5 heteroatoms. The van der Waals surface area contributed by atoms with Gasteiger partial charge >= 0.3 is 0 Å². The summed E-state index contributed by atoms with van der Waals surface area (Å²) < 4.78 is 17.6. The highest BCUT2D eigenvalue weighted by Crippen LogP contribution is 2.33. The van der Waals surface area contributed by atoms with E-state index in [2.05, 4.69) is 58.4 Å². The van der Waals surface area contributed by atoms with Gasteiger partial charge in [0.15, 0.2) is 0 Å². The van der Waals surface area contributed by atoms with Crippen molar-refractivity contribution in [1.82, 2.24) is 4.90 Å². The van der Waals surface area contributed by atoms with Crippen molar-refractivity contribution >= 4 is 11.6 Å². The van der Waals surface area contributed by atoms with E-state index in [-0.39, 0.29) is 6.10 Å². The zero-order valence-electron chi connectivity index (χ0n) is 17.3. The van der Waals surface area contributed by atoms with Crippen LogP contribution >= 0.6 is 0 Å². The number of hydrogen-bond acceptors (Lipinski definition) is 5. The van der Waals surface area contributed by atoms with Crippen molar-refractivity contribution in [2.75, 3.05) is 33.0 Å². The third-order valence-electron chi connectivity index (χ3n) is 5.95. The van der Waals surface area contributed by atoms with Crippen LogP contribution < -0.4 is 4.74 Å². The maximum absolute atomic E-state index is 6.03. The zero-order valence-corrected chi connectivity index (χ0v) is 17.3. The van der Waals surface area contributed by atoms with E-state index in [1.54, 1.807) is 0 Å². The number of rotatable bonds is 6. The van der Waals surface area contributed by atoms with Gasteiger partial charge in [-0.05, 0) is 48.6 Å². The first-order valence-corrected chi connectivity index (χ1v) is 10.9. The summed E-state index contributed by atoms with van der Waals surface area (Å²) in [5.74, 6) is 1.66. The highest BCUT2D eigenvalue weighted by Gasteiger charge is 2.25. The van der Waals surface area contributed by atoms with Crippen LogP contribution in [0.3, 0.4) is 0 Å². The molecule has 1 saturated heterocycles. The number of fused-ring (bicyclic) bond motifs is 3. The molecular weight excluding hydrogens is 376 g/mol. The normalized spacial score (nSPS) is 20.1. The lowest BCUT2D eigenvalue weighted by Gasteiger charge is -2.34. The minimum Gasteiger partial charge on any atom is -0.493 e. The molecule has 156 valence electrons. The van der Waals surface area contributed by atoms with Crippen LogP contribution in [0.2, 0.25) is 0 Å². The topological polar surface area (TPSA) is 43.3 Å². The van der Waals surface area contributed by atoms with Crippen LogP contribution in [0, 0.1) is 0 Å². The highest BCUT2D eigenvalue weighted by atomic mass is 16.5. The van der Waals surface area contributed by atoms with Crippen LogP contribution in [0.4, 0.5) is 0 Å². The average Bonchev–Trinajstić information content (AvgIpc) is 3.32. The molecule has 0 amide bonds. The van der Waals surface area contributed by atoms with Crippen LogP contribution in [0.15, 0.2) is 59.6 Å². The van der Waals surface area contributed by atoms with E-state index in [9.17, 15) is 0 Å². The first kappa shape index (κ1) is 19.2. The second-order valence-corrected chi connectivity index (χ2v) is 8.03. The number of nitrogens with zero attached hydrogens (tertiary/aromatic N) is 2. The Morgan fingerprint density at radius 2 is 2.03 bits per heavy atom. The van der Waals surface area contributed by atoms with Crippen molar-refractivity contribution in [1.29, 1.82) is 0 Å². The van der Waals surface area contributed by atoms with E-state index in [4.69, 9.17) is 14.2 Å². The van der Waals surface area contributed by atoms with Gasteiger partial charge in [-0.25, -0.2) is 4.99 Å². The van der Waals surface area contributed by atoms with Crippen LogP contribution in [0.25, 0.3) is 5.70 Å². The van der Waals surface area contributed by atoms with Crippen molar-refractivity contribution in [2.45, 2.75) is 31.8 Å². The van der Waals surface area contributed by atoms with Gasteiger partial charge in [-0.1, -0.05) is 30.3 Å². The molecule has 0 bridgehead atoms. The number of hydrogen-bond donors (Lipinski definition) is 0. The Morgan fingerprint density at radius 1 is 1.10 bits per heavy atom. The molecule has 2 aromatic carbocycles. The summed E-state index contributed by atoms with van der Waals surface area (Å²) in [6, 6.07) is 16.9. The molecule has 1 atom stereocenters. The lowest BCUT2D eigenvalue weighted by molar-refractivity contribution is 0.0639. The van der Waals surface area contributed by atoms with Crippen molar-refractivity contribution in [2.24, 2.45) is 4.99 Å². The molecule has 2 aromatic rings. The van der Waals surface area contributed by atoms with Gasteiger partial charge in [0.25, 0.3) is 0 Å². The summed E-state index contributed by atoms with van der Waals surface area (Å²) in [7, 11) is 0. The third kappa shape index (κ3) is 4.36. The molecule has 0 radical (unpaired) electrons. The van der Waals surface area contributed by atoms with Crippen LogP contribution in [-0.4, -0.2) is 49.9 Å². The maximum Gasteiger partial charge on any atom is 0.212 e. The number of aliphatic imine (C=N–C) groups is 1. The molecule has 0 aromatic heterocycles. The molecule has 30 heavy (non-hydrogen) atoms. The molecule has 5 rings (SSSR count). The van der Waals surface area contributed by atoms with Gasteiger partial charge in [0.2, 0.25) is 5.90 Å². The van der Waals surface area contributed by atoms with Gasteiger partial charge < -0.3 is 19.1 Å². The fourth-order valence-electron chi connectivity index (χ4n) is 4.27. The van der Waals surface area contributed by atoms with Gasteiger partial charge in [-0.3, -0.25) is 0 Å². The summed E-state index contributed by atoms with van der Waals surface area (Å²) in [5, 5.41) is 0. The van der Waals surface area contributed by atoms with E-state index >= 15 is 0 Å². The van der Waals surface area contributed by atoms with Gasteiger partial charge in [0.05, 0.1) is 18.4 Å². The van der Waals surface area contributed by atoms with Crippen LogP contribution in [0.5, 0.6) is 5.75 Å². The van der Waals surface area contributed by atoms with Crippen LogP contribution in [0.1, 0.15) is 29.5 Å². The molecule has 1 unspecified atom stereocenters. The van der Waals surface area contributed by atoms with Gasteiger partial charge in [0, 0.05) is 31.2 Å². The largest absolute Gasteiger partial charge is 0.493 e. The Morgan fingerprint density at radius 3 is 2.90 bits per heavy atom. The van der Waals surface area contributed by atoms with Gasteiger partial charge in [-0.2, -0.15) is 0 Å². The molecule has 1 fully saturated rings. The summed E-state index contributed by atoms with van der Waals surface area (Å²) in [4.78, 5) is 6.91. The Balaban J connectivity index is 1.24. The van der Waals surface area contributed by atoms with Crippen molar-refractivity contribution in [3.05, 3.63) is 71.3 Å². The molecule has 3 aliphatic rings. The average molecular weight is 405 g/mol. The second-order valence-electron chi connectivity index (χ2n) is 8.03. The quantitative estimate of drug-likeness (QED) is 0.728. The fraction of sp³-hybridized carbons (Fsp3) is 0.400. The number of ether oxygens (including phenoxy) is 3. The summed E-state index contributed by atoms with van der Waals surface area (Å²) in [5.41, 5.74) is 5.08. The maximum atomic E-state index is 6.03. The minimum absolute atomic E-state index is 0.207. The number of benzene rings is 2. The second kappa shape index (κ2) is 8.92. The van der Waals surface area contributed by atoms with E-state index in [0.29, 0.717) is 25.8 Å². The van der Waals surface area contributed by atoms with E-state index in [0.717, 1.165) is 44.6 Å². The molecule has 0 aliphatic carbocycles. The first-order valence-electron chi connectivity index (χ1n) is 10.9. The van der Waals surface area contributed by atoms with Gasteiger partial charge in [0.1, 0.15) is 19.0 Å². The molecule has 0 saturated carbocycles. The highest BCUT2D eigenvalue weighted by molar-refractivity contribution is 5.96. The third-order valence-corrected chi connectivity index (χ3v) is 5.95. The predicted octanol–water partition coefficient (Wildman–Crippen LogP) is 4.07. The Hall–Kier alpha value is -2.79. The van der Waals surface area contributed by atoms with Crippen molar-refractivity contribution < 1.29 is 14.2 Å². The SMILES string of the molecule is C1=C2c3ccc(OCCc4ccccc4)cc3CCN2CN=C1OCC1CCCO1. The monoisotopic (exact) mass is 404 g/mol. The Kier molecular flexibility index (Phi) is 5.71. The molecule has 5 nitrogen and oxygen atoms in total. The standard InChI is InChI=1S/C25H28N2O3/c1-2-5-19(6-3-1)11-14-29-21-8-9-23-20(15-21)10-12-27-18-26-25(16-24(23)27)30-17-22-7-4-13-28-22/h1-3,5-6,8-9,15-16,22H,4,7,10-14,17-18H2. The Labute approximate surface area is 178 Å². The summed E-state index contributed by atoms with van der Waals surface area (Å²) in [6.07, 6.45) is 6.40. The van der Waals surface area contributed by atoms with Crippen molar-refractivity contribution in [3.63, 3.8) is 0 Å². The van der Waals surface area contributed by atoms with Gasteiger partial charge in [-0.15, -0.1) is 0 Å². The van der Waals surface area contributed by atoms with Crippen LogP contribution in [-0.2, 0) is 22.3 Å². The molecule has 0 N–H and O–H groups in total. The van der Waals surface area contributed by atoms with Crippen molar-refractivity contribution in [3.8, 4) is 5.75 Å². The van der Waals surface area contributed by atoms with E-state index < -0.39 is 0 Å². The smallest absolute Gasteiger partial charge is 0.212 e. The predicted molar refractivity (Wildman–Crippen MR) is 118 cm³/mol. The van der Waals surface area contributed by atoms with E-state index in [1.807, 2.05) is 6.07 Å². The molecular formula is C25H28N2O3. The summed E-state index contributed by atoms with van der Waals surface area (Å²) in [6.45, 7) is 3.74.